The molecule has 0 saturated carbocycles. The fourth-order valence-corrected chi connectivity index (χ4v) is 7.65. The maximum absolute atomic E-state index is 13.0. The summed E-state index contributed by atoms with van der Waals surface area (Å²) in [6, 6.07) is -0.0784. The van der Waals surface area contributed by atoms with Crippen LogP contribution in [-0.2, 0) is 19.1 Å². The highest BCUT2D eigenvalue weighted by molar-refractivity contribution is 8.13. The number of ether oxygens (including phenoxy) is 2. The summed E-state index contributed by atoms with van der Waals surface area (Å²) in [7, 11) is 4.09. The summed E-state index contributed by atoms with van der Waals surface area (Å²) in [6.07, 6.45) is 32.6. The number of hydrogen-bond acceptors (Lipinski definition) is 7. The number of unbranched alkanes of at least 4 members (excludes halogenated alkanes) is 16. The van der Waals surface area contributed by atoms with Gasteiger partial charge in [0.15, 0.2) is 0 Å². The number of esters is 2. The molecule has 0 aromatic rings. The second kappa shape index (κ2) is 39.0. The second-order valence-corrected chi connectivity index (χ2v) is 17.0. The van der Waals surface area contributed by atoms with E-state index >= 15 is 0 Å². The van der Waals surface area contributed by atoms with E-state index in [1.165, 1.54) is 114 Å². The Morgan fingerprint density at radius 3 is 1.19 bits per heavy atom. The molecule has 7 nitrogen and oxygen atoms in total. The standard InChI is InChI=1S/C45H88N2O5S/c1-7-11-15-19-23-32-41(33-24-20-16-12-8-2)51-43(48)36-27-30-40(46-45(50)53-39-29-38-47(5)6)31-28-37-44(49)52-42(34-25-21-17-13-9-3)35-26-22-18-14-10-4/h40-42H,7-39H2,1-6H3,(H,46,50). The van der Waals surface area contributed by atoms with E-state index in [2.05, 4.69) is 37.9 Å². The number of carbonyl (C=O) groups excluding carboxylic acids is 3. The summed E-state index contributed by atoms with van der Waals surface area (Å²) < 4.78 is 12.1. The minimum absolute atomic E-state index is 0.0161. The van der Waals surface area contributed by atoms with Gasteiger partial charge in [0.1, 0.15) is 12.2 Å². The third-order valence-electron chi connectivity index (χ3n) is 10.3. The first-order valence-corrected chi connectivity index (χ1v) is 23.7. The van der Waals surface area contributed by atoms with Crippen molar-refractivity contribution in [2.24, 2.45) is 0 Å². The summed E-state index contributed by atoms with van der Waals surface area (Å²) in [5.74, 6) is 0.546. The summed E-state index contributed by atoms with van der Waals surface area (Å²) in [6.45, 7) is 9.89. The average molecular weight is 769 g/mol. The van der Waals surface area contributed by atoms with Crippen LogP contribution in [0.3, 0.4) is 0 Å². The molecule has 0 saturated heterocycles. The molecule has 0 atom stereocenters. The van der Waals surface area contributed by atoms with Crippen LogP contribution in [0, 0.1) is 0 Å². The average Bonchev–Trinajstić information content (AvgIpc) is 3.12. The Hall–Kier alpha value is -1.28. The molecule has 1 N–H and O–H groups in total. The molecule has 314 valence electrons. The first-order valence-electron chi connectivity index (χ1n) is 22.7. The van der Waals surface area contributed by atoms with Crippen molar-refractivity contribution in [3.05, 3.63) is 0 Å². The van der Waals surface area contributed by atoms with E-state index in [4.69, 9.17) is 9.47 Å². The van der Waals surface area contributed by atoms with E-state index in [0.29, 0.717) is 38.5 Å². The molecule has 0 aromatic carbocycles. The maximum atomic E-state index is 13.0. The quantitative estimate of drug-likeness (QED) is 0.0492. The first kappa shape index (κ1) is 51.7. The maximum Gasteiger partial charge on any atom is 0.306 e. The summed E-state index contributed by atoms with van der Waals surface area (Å²) in [4.78, 5) is 41.1. The number of amides is 1. The number of nitrogens with one attached hydrogen (secondary N) is 1. The van der Waals surface area contributed by atoms with E-state index in [9.17, 15) is 14.4 Å². The lowest BCUT2D eigenvalue weighted by atomic mass is 10.0. The van der Waals surface area contributed by atoms with Crippen molar-refractivity contribution >= 4 is 28.9 Å². The number of thioether (sulfide) groups is 1. The van der Waals surface area contributed by atoms with Crippen molar-refractivity contribution in [3.8, 4) is 0 Å². The Morgan fingerprint density at radius 2 is 0.849 bits per heavy atom. The highest BCUT2D eigenvalue weighted by atomic mass is 32.2. The van der Waals surface area contributed by atoms with Gasteiger partial charge in [-0.1, -0.05) is 142 Å². The van der Waals surface area contributed by atoms with Gasteiger partial charge in [0.05, 0.1) is 0 Å². The molecule has 8 heteroatoms. The zero-order valence-corrected chi connectivity index (χ0v) is 36.8. The van der Waals surface area contributed by atoms with Gasteiger partial charge in [-0.05, 0) is 104 Å². The van der Waals surface area contributed by atoms with Crippen LogP contribution >= 0.6 is 11.8 Å². The smallest absolute Gasteiger partial charge is 0.306 e. The van der Waals surface area contributed by atoms with E-state index < -0.39 is 0 Å². The van der Waals surface area contributed by atoms with Gasteiger partial charge in [0.25, 0.3) is 5.24 Å². The van der Waals surface area contributed by atoms with Gasteiger partial charge >= 0.3 is 11.9 Å². The van der Waals surface area contributed by atoms with Crippen LogP contribution in [0.2, 0.25) is 0 Å². The van der Waals surface area contributed by atoms with Crippen molar-refractivity contribution in [3.63, 3.8) is 0 Å². The van der Waals surface area contributed by atoms with Crippen LogP contribution in [0.25, 0.3) is 0 Å². The molecule has 0 aliphatic heterocycles. The van der Waals surface area contributed by atoms with Gasteiger partial charge in [-0.25, -0.2) is 0 Å². The van der Waals surface area contributed by atoms with Crippen LogP contribution in [0.15, 0.2) is 0 Å². The Morgan fingerprint density at radius 1 is 0.491 bits per heavy atom. The molecule has 0 bridgehead atoms. The van der Waals surface area contributed by atoms with Crippen molar-refractivity contribution in [1.29, 1.82) is 0 Å². The molecule has 53 heavy (non-hydrogen) atoms. The molecular weight excluding hydrogens is 681 g/mol. The zero-order chi connectivity index (χ0) is 39.2. The number of carbonyl (C=O) groups is 3. The van der Waals surface area contributed by atoms with Crippen LogP contribution < -0.4 is 5.32 Å². The molecule has 0 rings (SSSR count). The van der Waals surface area contributed by atoms with Gasteiger partial charge in [-0.2, -0.15) is 0 Å². The molecule has 0 aromatic heterocycles. The van der Waals surface area contributed by atoms with Crippen LogP contribution in [0.4, 0.5) is 4.79 Å². The van der Waals surface area contributed by atoms with Crippen LogP contribution in [0.5, 0.6) is 0 Å². The molecular formula is C45H88N2O5S. The summed E-state index contributed by atoms with van der Waals surface area (Å²) in [5, 5.41) is 3.20. The number of rotatable bonds is 39. The Kier molecular flexibility index (Phi) is 38.0. The molecule has 0 aliphatic rings. The van der Waals surface area contributed by atoms with E-state index in [0.717, 1.165) is 70.1 Å². The monoisotopic (exact) mass is 769 g/mol. The van der Waals surface area contributed by atoms with Gasteiger partial charge < -0.3 is 19.7 Å². The molecule has 1 amide bonds. The van der Waals surface area contributed by atoms with E-state index in [1.54, 1.807) is 0 Å². The summed E-state index contributed by atoms with van der Waals surface area (Å²) >= 11 is 1.33. The normalized spacial score (nSPS) is 11.7. The minimum atomic E-state index is -0.112. The third kappa shape index (κ3) is 36.1. The molecule has 0 fully saturated rings. The predicted octanol–water partition coefficient (Wildman–Crippen LogP) is 13.4. The molecule has 0 unspecified atom stereocenters. The third-order valence-corrected chi connectivity index (χ3v) is 11.2. The molecule has 0 aliphatic carbocycles. The largest absolute Gasteiger partial charge is 0.462 e. The van der Waals surface area contributed by atoms with E-state index in [1.807, 2.05) is 14.1 Å². The van der Waals surface area contributed by atoms with Crippen molar-refractivity contribution < 1.29 is 23.9 Å². The Labute approximate surface area is 333 Å². The number of hydrogen-bond donors (Lipinski definition) is 1. The predicted molar refractivity (Wildman–Crippen MR) is 229 cm³/mol. The Bertz CT molecular complexity index is 762. The second-order valence-electron chi connectivity index (χ2n) is 16.0. The first-order chi connectivity index (χ1) is 25.7. The topological polar surface area (TPSA) is 84.9 Å². The van der Waals surface area contributed by atoms with Crippen molar-refractivity contribution in [2.75, 3.05) is 26.4 Å². The lowest BCUT2D eigenvalue weighted by Gasteiger charge is -2.21. The zero-order valence-electron chi connectivity index (χ0n) is 36.0. The fourth-order valence-electron chi connectivity index (χ4n) is 6.94. The van der Waals surface area contributed by atoms with Gasteiger partial charge in [0.2, 0.25) is 0 Å². The molecule has 0 heterocycles. The van der Waals surface area contributed by atoms with Gasteiger partial charge in [0, 0.05) is 24.6 Å². The lowest BCUT2D eigenvalue weighted by Crippen LogP contribution is -2.33. The van der Waals surface area contributed by atoms with Crippen molar-refractivity contribution in [1.82, 2.24) is 10.2 Å². The van der Waals surface area contributed by atoms with Crippen molar-refractivity contribution in [2.45, 2.75) is 245 Å². The molecule has 0 spiro atoms. The van der Waals surface area contributed by atoms with Crippen LogP contribution in [0.1, 0.15) is 227 Å². The van der Waals surface area contributed by atoms with Gasteiger partial charge in [-0.15, -0.1) is 0 Å². The summed E-state index contributed by atoms with van der Waals surface area (Å²) in [5.41, 5.74) is 0. The fraction of sp³-hybridized carbons (Fsp3) is 0.933. The Balaban J connectivity index is 5.10. The number of nitrogens with zero attached hydrogens (tertiary/aromatic N) is 1. The minimum Gasteiger partial charge on any atom is -0.462 e. The SMILES string of the molecule is CCCCCCCC(CCCCCCC)OC(=O)CCCC(CCCC(=O)OC(CCCCCCC)CCCCCCC)NC(=O)SCCCN(C)C. The highest BCUT2D eigenvalue weighted by Gasteiger charge is 2.19. The lowest BCUT2D eigenvalue weighted by molar-refractivity contribution is -0.150. The molecule has 0 radical (unpaired) electrons. The van der Waals surface area contributed by atoms with Crippen LogP contribution in [-0.4, -0.2) is 66.7 Å². The highest BCUT2D eigenvalue weighted by Crippen LogP contribution is 2.20. The van der Waals surface area contributed by atoms with E-state index in [-0.39, 0.29) is 35.4 Å². The van der Waals surface area contributed by atoms with Gasteiger partial charge in [-0.3, -0.25) is 14.4 Å².